The number of ether oxygens (including phenoxy) is 1. The van der Waals surface area contributed by atoms with E-state index >= 15 is 0 Å². The molecule has 1 heterocycles. The van der Waals surface area contributed by atoms with E-state index in [0.717, 1.165) is 5.69 Å². The largest absolute Gasteiger partial charge is 0.475 e. The number of pyridine rings is 1. The smallest absolute Gasteiger partial charge is 0.213 e. The van der Waals surface area contributed by atoms with E-state index < -0.39 is 6.10 Å². The van der Waals surface area contributed by atoms with E-state index in [9.17, 15) is 0 Å². The fourth-order valence-corrected chi connectivity index (χ4v) is 1.07. The minimum Gasteiger partial charge on any atom is -0.475 e. The summed E-state index contributed by atoms with van der Waals surface area (Å²) in [5.74, 6) is 0.824. The molecule has 0 fully saturated rings. The number of hydrogen-bond acceptors (Lipinski definition) is 4. The molecule has 4 heteroatoms. The van der Waals surface area contributed by atoms with Crippen molar-refractivity contribution in [2.24, 2.45) is 0 Å². The molecule has 0 aliphatic rings. The van der Waals surface area contributed by atoms with Gasteiger partial charge >= 0.3 is 0 Å². The Morgan fingerprint density at radius 3 is 2.73 bits per heavy atom. The van der Waals surface area contributed by atoms with Gasteiger partial charge in [-0.1, -0.05) is 19.9 Å². The minimum atomic E-state index is -0.852. The van der Waals surface area contributed by atoms with Gasteiger partial charge < -0.3 is 14.9 Å². The summed E-state index contributed by atoms with van der Waals surface area (Å²) in [7, 11) is 0. The van der Waals surface area contributed by atoms with E-state index in [4.69, 9.17) is 14.9 Å². The highest BCUT2D eigenvalue weighted by atomic mass is 16.5. The van der Waals surface area contributed by atoms with Crippen LogP contribution < -0.4 is 4.74 Å². The maximum atomic E-state index is 9.09. The van der Waals surface area contributed by atoms with Gasteiger partial charge in [0.2, 0.25) is 5.88 Å². The van der Waals surface area contributed by atoms with Crippen LogP contribution in [0.4, 0.5) is 0 Å². The van der Waals surface area contributed by atoms with Crippen LogP contribution in [-0.2, 0) is 0 Å². The molecular weight excluding hydrogens is 194 g/mol. The van der Waals surface area contributed by atoms with Crippen molar-refractivity contribution in [2.45, 2.75) is 25.9 Å². The monoisotopic (exact) mass is 211 g/mol. The Labute approximate surface area is 89.5 Å². The number of aliphatic hydroxyl groups is 2. The molecule has 84 valence electrons. The van der Waals surface area contributed by atoms with E-state index in [1.54, 1.807) is 6.07 Å². The summed E-state index contributed by atoms with van der Waals surface area (Å²) in [6.07, 6.45) is -0.852. The highest BCUT2D eigenvalue weighted by Gasteiger charge is 2.05. The van der Waals surface area contributed by atoms with Crippen LogP contribution in [0.1, 0.15) is 25.5 Å². The normalized spacial score (nSPS) is 12.9. The molecule has 0 aliphatic heterocycles. The Morgan fingerprint density at radius 1 is 1.40 bits per heavy atom. The number of aliphatic hydroxyl groups excluding tert-OH is 2. The van der Waals surface area contributed by atoms with Gasteiger partial charge in [-0.25, -0.2) is 4.98 Å². The predicted octanol–water partition coefficient (Wildman–Crippen LogP) is 0.937. The Balaban J connectivity index is 2.58. The van der Waals surface area contributed by atoms with Gasteiger partial charge in [0, 0.05) is 11.8 Å². The first kappa shape index (κ1) is 11.9. The molecule has 1 atom stereocenters. The van der Waals surface area contributed by atoms with Gasteiger partial charge in [-0.15, -0.1) is 0 Å². The number of rotatable bonds is 5. The Kier molecular flexibility index (Phi) is 4.52. The van der Waals surface area contributed by atoms with Crippen LogP contribution in [0, 0.1) is 0 Å². The molecule has 0 bridgehead atoms. The van der Waals surface area contributed by atoms with Crippen LogP contribution in [0.2, 0.25) is 0 Å². The van der Waals surface area contributed by atoms with Crippen molar-refractivity contribution >= 4 is 0 Å². The molecule has 2 N–H and O–H groups in total. The van der Waals surface area contributed by atoms with Crippen LogP contribution in [0.25, 0.3) is 0 Å². The van der Waals surface area contributed by atoms with Gasteiger partial charge in [-0.2, -0.15) is 0 Å². The summed E-state index contributed by atoms with van der Waals surface area (Å²) >= 11 is 0. The van der Waals surface area contributed by atoms with Crippen molar-refractivity contribution in [3.63, 3.8) is 0 Å². The average molecular weight is 211 g/mol. The average Bonchev–Trinajstić information content (AvgIpc) is 2.26. The first-order chi connectivity index (χ1) is 7.13. The summed E-state index contributed by atoms with van der Waals surface area (Å²) in [6, 6.07) is 5.53. The maximum Gasteiger partial charge on any atom is 0.213 e. The fourth-order valence-electron chi connectivity index (χ4n) is 1.07. The van der Waals surface area contributed by atoms with Gasteiger partial charge in [-0.05, 0) is 12.0 Å². The maximum absolute atomic E-state index is 9.09. The molecule has 1 aromatic rings. The molecule has 0 saturated carbocycles. The zero-order valence-electron chi connectivity index (χ0n) is 9.05. The topological polar surface area (TPSA) is 62.6 Å². The molecule has 0 unspecified atom stereocenters. The highest BCUT2D eigenvalue weighted by molar-refractivity contribution is 5.17. The van der Waals surface area contributed by atoms with Crippen LogP contribution in [-0.4, -0.2) is 34.5 Å². The third kappa shape index (κ3) is 3.85. The molecular formula is C11H17NO3. The molecule has 0 amide bonds. The fraction of sp³-hybridized carbons (Fsp3) is 0.545. The molecule has 0 saturated heterocycles. The van der Waals surface area contributed by atoms with Crippen LogP contribution in [0.15, 0.2) is 18.2 Å². The quantitative estimate of drug-likeness (QED) is 0.760. The minimum absolute atomic E-state index is 0.0606. The number of nitrogens with zero attached hydrogens (tertiary/aromatic N) is 1. The zero-order chi connectivity index (χ0) is 11.3. The number of hydrogen-bond donors (Lipinski definition) is 2. The second kappa shape index (κ2) is 5.68. The molecule has 0 radical (unpaired) electrons. The number of aromatic nitrogens is 1. The van der Waals surface area contributed by atoms with Gasteiger partial charge in [0.25, 0.3) is 0 Å². The highest BCUT2D eigenvalue weighted by Crippen LogP contribution is 2.15. The standard InChI is InChI=1S/C11H17NO3/c1-8(2)10-4-3-5-11(12-10)15-7-9(14)6-13/h3-5,8-9,13-14H,6-7H2,1-2H3/t9-/m0/s1. The second-order valence-corrected chi connectivity index (χ2v) is 3.70. The molecule has 4 nitrogen and oxygen atoms in total. The Bertz CT molecular complexity index is 302. The summed E-state index contributed by atoms with van der Waals surface area (Å²) in [5, 5.41) is 17.7. The predicted molar refractivity (Wildman–Crippen MR) is 56.9 cm³/mol. The van der Waals surface area contributed by atoms with Crippen LogP contribution >= 0.6 is 0 Å². The third-order valence-electron chi connectivity index (χ3n) is 1.97. The van der Waals surface area contributed by atoms with E-state index in [-0.39, 0.29) is 13.2 Å². The SMILES string of the molecule is CC(C)c1cccc(OC[C@@H](O)CO)n1. The van der Waals surface area contributed by atoms with Gasteiger partial charge in [0.1, 0.15) is 12.7 Å². The molecule has 0 aromatic carbocycles. The first-order valence-electron chi connectivity index (χ1n) is 5.02. The van der Waals surface area contributed by atoms with Crippen molar-refractivity contribution in [3.05, 3.63) is 23.9 Å². The molecule has 15 heavy (non-hydrogen) atoms. The van der Waals surface area contributed by atoms with Crippen LogP contribution in [0.5, 0.6) is 5.88 Å². The van der Waals surface area contributed by atoms with E-state index in [1.807, 2.05) is 12.1 Å². The van der Waals surface area contributed by atoms with Crippen molar-refractivity contribution in [3.8, 4) is 5.88 Å². The van der Waals surface area contributed by atoms with Crippen molar-refractivity contribution in [1.29, 1.82) is 0 Å². The third-order valence-corrected chi connectivity index (χ3v) is 1.97. The first-order valence-corrected chi connectivity index (χ1v) is 5.02. The molecule has 0 spiro atoms. The van der Waals surface area contributed by atoms with Gasteiger partial charge in [0.05, 0.1) is 6.61 Å². The Hall–Kier alpha value is -1.13. The second-order valence-electron chi connectivity index (χ2n) is 3.70. The Morgan fingerprint density at radius 2 is 2.13 bits per heavy atom. The summed E-state index contributed by atoms with van der Waals surface area (Å²) in [4.78, 5) is 4.26. The lowest BCUT2D eigenvalue weighted by Crippen LogP contribution is -2.21. The van der Waals surface area contributed by atoms with Crippen molar-refractivity contribution < 1.29 is 14.9 Å². The van der Waals surface area contributed by atoms with Crippen molar-refractivity contribution in [2.75, 3.05) is 13.2 Å². The van der Waals surface area contributed by atoms with Gasteiger partial charge in [-0.3, -0.25) is 0 Å². The molecule has 1 rings (SSSR count). The summed E-state index contributed by atoms with van der Waals surface area (Å²) in [6.45, 7) is 3.86. The lowest BCUT2D eigenvalue weighted by atomic mass is 10.1. The molecule has 0 aliphatic carbocycles. The van der Waals surface area contributed by atoms with Gasteiger partial charge in [0.15, 0.2) is 0 Å². The zero-order valence-corrected chi connectivity index (χ0v) is 9.05. The van der Waals surface area contributed by atoms with Crippen LogP contribution in [0.3, 0.4) is 0 Å². The lowest BCUT2D eigenvalue weighted by Gasteiger charge is -2.10. The van der Waals surface area contributed by atoms with E-state index in [1.165, 1.54) is 0 Å². The van der Waals surface area contributed by atoms with Crippen molar-refractivity contribution in [1.82, 2.24) is 4.98 Å². The lowest BCUT2D eigenvalue weighted by molar-refractivity contribution is 0.0520. The summed E-state index contributed by atoms with van der Waals surface area (Å²) < 4.78 is 5.23. The van der Waals surface area contributed by atoms with E-state index in [2.05, 4.69) is 18.8 Å². The van der Waals surface area contributed by atoms with E-state index in [0.29, 0.717) is 11.8 Å². The summed E-state index contributed by atoms with van der Waals surface area (Å²) in [5.41, 5.74) is 0.950. The molecule has 1 aromatic heterocycles.